The molecule has 0 unspecified atom stereocenters. The average molecular weight is 324 g/mol. The van der Waals surface area contributed by atoms with Crippen LogP contribution in [0.2, 0.25) is 0 Å². The zero-order valence-electron chi connectivity index (χ0n) is 13.3. The minimum atomic E-state index is -0.493. The highest BCUT2D eigenvalue weighted by Gasteiger charge is 2.15. The van der Waals surface area contributed by atoms with Crippen LogP contribution in [0.1, 0.15) is 28.9 Å². The van der Waals surface area contributed by atoms with Crippen molar-refractivity contribution in [3.63, 3.8) is 0 Å². The van der Waals surface area contributed by atoms with Crippen LogP contribution in [0, 0.1) is 6.92 Å². The minimum absolute atomic E-state index is 0.153. The minimum Gasteiger partial charge on any atom is -0.460 e. The molecule has 1 amide bonds. The summed E-state index contributed by atoms with van der Waals surface area (Å²) in [5, 5.41) is 8.96. The van der Waals surface area contributed by atoms with Crippen molar-refractivity contribution in [1.29, 1.82) is 0 Å². The maximum Gasteiger partial charge on any atom is 0.292 e. The standard InChI is InChI=1S/C17H16N4O3/c1-3-21-17(23)14-7-5-4-6-13(14)15(20-21)16(22)19-18-10-12-9-8-11(2)24-12/h4-10H,3H2,1-2H3,(H,19,22)/b18-10+. The van der Waals surface area contributed by atoms with Crippen molar-refractivity contribution in [2.45, 2.75) is 20.4 Å². The number of hydrogen-bond acceptors (Lipinski definition) is 5. The molecule has 0 aliphatic rings. The van der Waals surface area contributed by atoms with Crippen LogP contribution in [-0.2, 0) is 6.54 Å². The van der Waals surface area contributed by atoms with Gasteiger partial charge < -0.3 is 4.42 Å². The number of carbonyl (C=O) groups excluding carboxylic acids is 1. The number of carbonyl (C=O) groups is 1. The predicted octanol–water partition coefficient (Wildman–Crippen LogP) is 2.08. The molecule has 0 spiro atoms. The molecule has 2 aromatic heterocycles. The molecule has 3 aromatic rings. The highest BCUT2D eigenvalue weighted by molar-refractivity contribution is 6.04. The molecular weight excluding hydrogens is 308 g/mol. The first-order valence-corrected chi connectivity index (χ1v) is 7.50. The van der Waals surface area contributed by atoms with E-state index in [1.165, 1.54) is 10.9 Å². The van der Waals surface area contributed by atoms with E-state index in [0.29, 0.717) is 23.1 Å². The lowest BCUT2D eigenvalue weighted by Gasteiger charge is -2.08. The molecule has 122 valence electrons. The summed E-state index contributed by atoms with van der Waals surface area (Å²) < 4.78 is 6.59. The number of amides is 1. The second-order valence-electron chi connectivity index (χ2n) is 5.16. The fourth-order valence-electron chi connectivity index (χ4n) is 2.35. The van der Waals surface area contributed by atoms with E-state index >= 15 is 0 Å². The Hall–Kier alpha value is -3.22. The summed E-state index contributed by atoms with van der Waals surface area (Å²) in [6.07, 6.45) is 1.41. The van der Waals surface area contributed by atoms with Crippen molar-refractivity contribution in [3.8, 4) is 0 Å². The van der Waals surface area contributed by atoms with Gasteiger partial charge in [0.2, 0.25) is 0 Å². The maximum absolute atomic E-state index is 12.4. The first-order chi connectivity index (χ1) is 11.6. The van der Waals surface area contributed by atoms with Gasteiger partial charge in [0.1, 0.15) is 11.5 Å². The first kappa shape index (κ1) is 15.7. The number of hydrogen-bond donors (Lipinski definition) is 1. The maximum atomic E-state index is 12.4. The molecule has 0 saturated heterocycles. The van der Waals surface area contributed by atoms with Crippen LogP contribution in [0.25, 0.3) is 10.8 Å². The molecule has 0 aliphatic heterocycles. The molecule has 0 saturated carbocycles. The Morgan fingerprint density at radius 1 is 1.29 bits per heavy atom. The SMILES string of the molecule is CCn1nc(C(=O)N/N=C/c2ccc(C)o2)c2ccccc2c1=O. The third-order valence-corrected chi connectivity index (χ3v) is 3.50. The molecule has 2 heterocycles. The number of hydrazone groups is 1. The van der Waals surface area contributed by atoms with Gasteiger partial charge in [-0.1, -0.05) is 18.2 Å². The van der Waals surface area contributed by atoms with Crippen LogP contribution >= 0.6 is 0 Å². The zero-order chi connectivity index (χ0) is 17.1. The molecule has 3 rings (SSSR count). The lowest BCUT2D eigenvalue weighted by atomic mass is 10.1. The second kappa shape index (κ2) is 6.49. The molecule has 0 radical (unpaired) electrons. The monoisotopic (exact) mass is 324 g/mol. The van der Waals surface area contributed by atoms with Crippen molar-refractivity contribution >= 4 is 22.9 Å². The van der Waals surface area contributed by atoms with Crippen molar-refractivity contribution in [2.24, 2.45) is 5.10 Å². The number of aromatic nitrogens is 2. The van der Waals surface area contributed by atoms with E-state index in [2.05, 4.69) is 15.6 Å². The molecule has 0 fully saturated rings. The Morgan fingerprint density at radius 3 is 2.71 bits per heavy atom. The summed E-state index contributed by atoms with van der Waals surface area (Å²) in [6.45, 7) is 3.99. The van der Waals surface area contributed by atoms with Gasteiger partial charge in [0, 0.05) is 11.9 Å². The number of fused-ring (bicyclic) bond motifs is 1. The van der Waals surface area contributed by atoms with Gasteiger partial charge in [0.05, 0.1) is 11.6 Å². The van der Waals surface area contributed by atoms with E-state index in [4.69, 9.17) is 4.42 Å². The van der Waals surface area contributed by atoms with Gasteiger partial charge in [0.15, 0.2) is 5.69 Å². The van der Waals surface area contributed by atoms with Crippen LogP contribution < -0.4 is 11.0 Å². The van der Waals surface area contributed by atoms with Crippen LogP contribution in [0.15, 0.2) is 50.7 Å². The summed E-state index contributed by atoms with van der Waals surface area (Å²) in [5.74, 6) is 0.794. The average Bonchev–Trinajstić information content (AvgIpc) is 3.00. The van der Waals surface area contributed by atoms with Gasteiger partial charge >= 0.3 is 0 Å². The summed E-state index contributed by atoms with van der Waals surface area (Å²) in [7, 11) is 0. The third kappa shape index (κ3) is 2.96. The zero-order valence-corrected chi connectivity index (χ0v) is 13.3. The molecule has 0 aliphatic carbocycles. The van der Waals surface area contributed by atoms with Gasteiger partial charge in [-0.25, -0.2) is 10.1 Å². The Morgan fingerprint density at radius 2 is 2.04 bits per heavy atom. The van der Waals surface area contributed by atoms with E-state index in [9.17, 15) is 9.59 Å². The number of furan rings is 1. The lowest BCUT2D eigenvalue weighted by molar-refractivity contribution is 0.0949. The number of rotatable bonds is 4. The van der Waals surface area contributed by atoms with Crippen LogP contribution in [0.4, 0.5) is 0 Å². The van der Waals surface area contributed by atoms with Crippen molar-refractivity contribution in [2.75, 3.05) is 0 Å². The van der Waals surface area contributed by atoms with E-state index in [1.54, 1.807) is 43.3 Å². The largest absolute Gasteiger partial charge is 0.460 e. The molecule has 1 N–H and O–H groups in total. The predicted molar refractivity (Wildman–Crippen MR) is 90.2 cm³/mol. The summed E-state index contributed by atoms with van der Waals surface area (Å²) in [6, 6.07) is 10.4. The van der Waals surface area contributed by atoms with Crippen LogP contribution in [0.3, 0.4) is 0 Å². The topological polar surface area (TPSA) is 89.5 Å². The van der Waals surface area contributed by atoms with Gasteiger partial charge in [-0.15, -0.1) is 0 Å². The van der Waals surface area contributed by atoms with E-state index in [-0.39, 0.29) is 11.3 Å². The number of aryl methyl sites for hydroxylation is 2. The molecule has 0 atom stereocenters. The van der Waals surface area contributed by atoms with Crippen LogP contribution in [-0.4, -0.2) is 21.9 Å². The van der Waals surface area contributed by atoms with Crippen molar-refractivity contribution in [3.05, 3.63) is 64.0 Å². The molecule has 7 nitrogen and oxygen atoms in total. The summed E-state index contributed by atoms with van der Waals surface area (Å²) in [4.78, 5) is 24.7. The van der Waals surface area contributed by atoms with E-state index in [1.807, 2.05) is 6.92 Å². The quantitative estimate of drug-likeness (QED) is 0.588. The molecule has 24 heavy (non-hydrogen) atoms. The Balaban J connectivity index is 1.93. The van der Waals surface area contributed by atoms with Gasteiger partial charge in [-0.05, 0) is 32.0 Å². The Kier molecular flexibility index (Phi) is 4.24. The summed E-state index contributed by atoms with van der Waals surface area (Å²) >= 11 is 0. The van der Waals surface area contributed by atoms with E-state index < -0.39 is 5.91 Å². The van der Waals surface area contributed by atoms with Crippen LogP contribution in [0.5, 0.6) is 0 Å². The van der Waals surface area contributed by atoms with E-state index in [0.717, 1.165) is 5.76 Å². The van der Waals surface area contributed by atoms with Crippen molar-refractivity contribution < 1.29 is 9.21 Å². The van der Waals surface area contributed by atoms with Gasteiger partial charge in [0.25, 0.3) is 11.5 Å². The van der Waals surface area contributed by atoms with Gasteiger partial charge in [-0.2, -0.15) is 10.2 Å². The molecular formula is C17H16N4O3. The van der Waals surface area contributed by atoms with Gasteiger partial charge in [-0.3, -0.25) is 9.59 Å². The second-order valence-corrected chi connectivity index (χ2v) is 5.16. The number of nitrogens with one attached hydrogen (secondary N) is 1. The fraction of sp³-hybridized carbons (Fsp3) is 0.176. The summed E-state index contributed by atoms with van der Waals surface area (Å²) in [5.41, 5.74) is 2.34. The number of benzene rings is 1. The Bertz CT molecular complexity index is 985. The number of nitrogens with zero attached hydrogens (tertiary/aromatic N) is 3. The third-order valence-electron chi connectivity index (χ3n) is 3.50. The van der Waals surface area contributed by atoms with Crippen molar-refractivity contribution in [1.82, 2.24) is 15.2 Å². The highest BCUT2D eigenvalue weighted by atomic mass is 16.3. The normalized spacial score (nSPS) is 11.2. The Labute approximate surface area is 137 Å². The lowest BCUT2D eigenvalue weighted by Crippen LogP contribution is -2.28. The fourth-order valence-corrected chi connectivity index (χ4v) is 2.35. The molecule has 0 bridgehead atoms. The molecule has 1 aromatic carbocycles. The smallest absolute Gasteiger partial charge is 0.292 e. The molecule has 7 heteroatoms. The highest BCUT2D eigenvalue weighted by Crippen LogP contribution is 2.13. The first-order valence-electron chi connectivity index (χ1n) is 7.50.